The van der Waals surface area contributed by atoms with Crippen molar-refractivity contribution in [2.24, 2.45) is 0 Å². The van der Waals surface area contributed by atoms with Crippen LogP contribution in [0, 0.1) is 0 Å². The lowest BCUT2D eigenvalue weighted by atomic mass is 9.67. The number of furan rings is 1. The molecule has 0 amide bonds. The van der Waals surface area contributed by atoms with Gasteiger partial charge in [0, 0.05) is 16.6 Å². The van der Waals surface area contributed by atoms with Gasteiger partial charge in [-0.3, -0.25) is 0 Å². The minimum atomic E-state index is -0.584. The highest BCUT2D eigenvalue weighted by Gasteiger charge is 2.46. The van der Waals surface area contributed by atoms with Gasteiger partial charge in [0.15, 0.2) is 0 Å². The first-order valence-corrected chi connectivity index (χ1v) is 24.5. The molecule has 0 atom stereocenters. The second-order valence-electron chi connectivity index (χ2n) is 18.7. The standard InChI is InChI=1S/C69H45NO/c1-3-18-46(19-4-1)49-23-15-24-52(44-49)69(62-31-12-9-26-58(62)59-27-10-13-32-63(59)69)51-38-40-53(41-39-51)70(65-34-17-35-67-68(65)61-45-50(37-43-66(61)71-67)47-20-5-2-6-21-47)64-33-14-11-28-60(64)56-30-16-29-55-54-25-8-7-22-48(54)36-42-57(55)56/h1-45H. The van der Waals surface area contributed by atoms with E-state index in [4.69, 9.17) is 4.42 Å². The summed E-state index contributed by atoms with van der Waals surface area (Å²) in [5.74, 6) is 0. The number of hydrogen-bond acceptors (Lipinski definition) is 2. The van der Waals surface area contributed by atoms with Crippen molar-refractivity contribution in [3.63, 3.8) is 0 Å². The third kappa shape index (κ3) is 6.42. The van der Waals surface area contributed by atoms with Crippen molar-refractivity contribution in [3.8, 4) is 44.5 Å². The Morgan fingerprint density at radius 2 is 0.873 bits per heavy atom. The van der Waals surface area contributed by atoms with E-state index in [2.05, 4.69) is 278 Å². The number of anilines is 3. The van der Waals surface area contributed by atoms with Gasteiger partial charge in [-0.1, -0.05) is 224 Å². The largest absolute Gasteiger partial charge is 0.456 e. The predicted octanol–water partition coefficient (Wildman–Crippen LogP) is 18.7. The lowest BCUT2D eigenvalue weighted by Gasteiger charge is -2.35. The Balaban J connectivity index is 1.02. The average molecular weight is 904 g/mol. The average Bonchev–Trinajstić information content (AvgIpc) is 3.98. The van der Waals surface area contributed by atoms with Crippen LogP contribution in [-0.4, -0.2) is 0 Å². The Morgan fingerprint density at radius 3 is 1.63 bits per heavy atom. The molecule has 1 aromatic heterocycles. The van der Waals surface area contributed by atoms with Crippen LogP contribution in [-0.2, 0) is 5.41 Å². The van der Waals surface area contributed by atoms with Crippen LogP contribution in [0.2, 0.25) is 0 Å². The molecule has 14 rings (SSSR count). The Bertz CT molecular complexity index is 4120. The molecule has 12 aromatic carbocycles. The molecule has 0 spiro atoms. The Hall–Kier alpha value is -9.24. The van der Waals surface area contributed by atoms with Gasteiger partial charge in [0.2, 0.25) is 0 Å². The fraction of sp³-hybridized carbons (Fsp3) is 0.0145. The van der Waals surface area contributed by atoms with Gasteiger partial charge in [-0.25, -0.2) is 0 Å². The molecule has 0 unspecified atom stereocenters. The van der Waals surface area contributed by atoms with E-state index in [9.17, 15) is 0 Å². The molecular weight excluding hydrogens is 859 g/mol. The van der Waals surface area contributed by atoms with Crippen molar-refractivity contribution in [3.05, 3.63) is 295 Å². The third-order valence-corrected chi connectivity index (χ3v) is 15.0. The molecule has 0 aliphatic heterocycles. The minimum absolute atomic E-state index is 0.584. The lowest BCUT2D eigenvalue weighted by molar-refractivity contribution is 0.669. The smallest absolute Gasteiger partial charge is 0.137 e. The normalized spacial score (nSPS) is 12.6. The second-order valence-corrected chi connectivity index (χ2v) is 18.7. The summed E-state index contributed by atoms with van der Waals surface area (Å²) in [5, 5.41) is 7.07. The first-order valence-electron chi connectivity index (χ1n) is 24.5. The van der Waals surface area contributed by atoms with Gasteiger partial charge < -0.3 is 9.32 Å². The van der Waals surface area contributed by atoms with E-state index in [1.54, 1.807) is 0 Å². The predicted molar refractivity (Wildman–Crippen MR) is 297 cm³/mol. The summed E-state index contributed by atoms with van der Waals surface area (Å²) < 4.78 is 6.75. The molecule has 0 bridgehead atoms. The molecular formula is C69H45NO. The lowest BCUT2D eigenvalue weighted by Crippen LogP contribution is -2.28. The summed E-state index contributed by atoms with van der Waals surface area (Å²) in [5.41, 5.74) is 18.8. The molecule has 0 N–H and O–H groups in total. The molecule has 1 aliphatic carbocycles. The molecule has 0 saturated carbocycles. The van der Waals surface area contributed by atoms with Crippen LogP contribution in [0.25, 0.3) is 88.0 Å². The van der Waals surface area contributed by atoms with Crippen molar-refractivity contribution >= 4 is 60.5 Å². The molecule has 0 radical (unpaired) electrons. The summed E-state index contributed by atoms with van der Waals surface area (Å²) in [6.45, 7) is 0. The van der Waals surface area contributed by atoms with Crippen LogP contribution in [0.5, 0.6) is 0 Å². The van der Waals surface area contributed by atoms with Crippen LogP contribution in [0.15, 0.2) is 277 Å². The van der Waals surface area contributed by atoms with Gasteiger partial charge in [-0.2, -0.15) is 0 Å². The number of hydrogen-bond donors (Lipinski definition) is 0. The van der Waals surface area contributed by atoms with E-state index in [1.807, 2.05) is 0 Å². The first-order chi connectivity index (χ1) is 35.2. The Kier molecular flexibility index (Phi) is 9.47. The van der Waals surface area contributed by atoms with E-state index in [0.717, 1.165) is 50.1 Å². The van der Waals surface area contributed by atoms with Crippen LogP contribution in [0.4, 0.5) is 17.1 Å². The highest BCUT2D eigenvalue weighted by Crippen LogP contribution is 2.57. The number of para-hydroxylation sites is 1. The monoisotopic (exact) mass is 903 g/mol. The van der Waals surface area contributed by atoms with Gasteiger partial charge in [0.1, 0.15) is 11.2 Å². The summed E-state index contributed by atoms with van der Waals surface area (Å²) in [6.07, 6.45) is 0. The summed E-state index contributed by atoms with van der Waals surface area (Å²) >= 11 is 0. The maximum Gasteiger partial charge on any atom is 0.137 e. The van der Waals surface area contributed by atoms with Crippen LogP contribution >= 0.6 is 0 Å². The highest BCUT2D eigenvalue weighted by molar-refractivity contribution is 6.16. The maximum atomic E-state index is 6.75. The molecule has 0 saturated heterocycles. The van der Waals surface area contributed by atoms with Gasteiger partial charge in [0.05, 0.1) is 22.2 Å². The second kappa shape index (κ2) is 16.5. The molecule has 1 heterocycles. The van der Waals surface area contributed by atoms with Gasteiger partial charge >= 0.3 is 0 Å². The number of nitrogens with zero attached hydrogens (tertiary/aromatic N) is 1. The van der Waals surface area contributed by atoms with E-state index in [0.29, 0.717) is 0 Å². The first kappa shape index (κ1) is 40.8. The van der Waals surface area contributed by atoms with E-state index >= 15 is 0 Å². The Morgan fingerprint density at radius 1 is 0.296 bits per heavy atom. The zero-order chi connectivity index (χ0) is 46.9. The van der Waals surface area contributed by atoms with Crippen LogP contribution < -0.4 is 4.90 Å². The molecule has 0 fully saturated rings. The van der Waals surface area contributed by atoms with Gasteiger partial charge in [-0.05, 0) is 131 Å². The molecule has 2 heteroatoms. The zero-order valence-electron chi connectivity index (χ0n) is 38.8. The molecule has 2 nitrogen and oxygen atoms in total. The zero-order valence-corrected chi connectivity index (χ0v) is 38.8. The number of fused-ring (bicyclic) bond motifs is 9. The summed E-state index contributed by atoms with van der Waals surface area (Å²) in [4.78, 5) is 2.46. The van der Waals surface area contributed by atoms with Crippen molar-refractivity contribution < 1.29 is 4.42 Å². The number of rotatable bonds is 8. The van der Waals surface area contributed by atoms with Crippen molar-refractivity contribution in [1.29, 1.82) is 0 Å². The van der Waals surface area contributed by atoms with Crippen LogP contribution in [0.3, 0.4) is 0 Å². The summed E-state index contributed by atoms with van der Waals surface area (Å²) in [7, 11) is 0. The minimum Gasteiger partial charge on any atom is -0.456 e. The van der Waals surface area contributed by atoms with Crippen LogP contribution in [0.1, 0.15) is 22.3 Å². The van der Waals surface area contributed by atoms with Crippen molar-refractivity contribution in [1.82, 2.24) is 0 Å². The molecule has 332 valence electrons. The maximum absolute atomic E-state index is 6.75. The third-order valence-electron chi connectivity index (χ3n) is 15.0. The molecule has 13 aromatic rings. The van der Waals surface area contributed by atoms with Gasteiger partial charge in [0.25, 0.3) is 0 Å². The van der Waals surface area contributed by atoms with Crippen molar-refractivity contribution in [2.45, 2.75) is 5.41 Å². The molecule has 71 heavy (non-hydrogen) atoms. The molecule has 1 aliphatic rings. The van der Waals surface area contributed by atoms with Crippen molar-refractivity contribution in [2.75, 3.05) is 4.90 Å². The SMILES string of the molecule is c1ccc(-c2cccc(C3(c4ccc(N(c5ccccc5-c5cccc6c5ccc5ccccc56)c5cccc6oc7ccc(-c8ccccc8)cc7c56)cc4)c4ccccc4-c4ccccc43)c2)cc1. The fourth-order valence-electron chi connectivity index (χ4n) is 11.8. The quantitative estimate of drug-likeness (QED) is 0.141. The number of benzene rings is 12. The topological polar surface area (TPSA) is 16.4 Å². The van der Waals surface area contributed by atoms with E-state index < -0.39 is 5.41 Å². The summed E-state index contributed by atoms with van der Waals surface area (Å²) in [6, 6.07) is 100.0. The van der Waals surface area contributed by atoms with Gasteiger partial charge in [-0.15, -0.1) is 0 Å². The highest BCUT2D eigenvalue weighted by atomic mass is 16.3. The Labute approximate surface area is 413 Å². The van der Waals surface area contributed by atoms with E-state index in [-0.39, 0.29) is 0 Å². The fourth-order valence-corrected chi connectivity index (χ4v) is 11.8. The van der Waals surface area contributed by atoms with E-state index in [1.165, 1.54) is 77.2 Å².